The van der Waals surface area contributed by atoms with Crippen molar-refractivity contribution in [1.29, 1.82) is 0 Å². The van der Waals surface area contributed by atoms with E-state index < -0.39 is 0 Å². The minimum atomic E-state index is 0.830. The van der Waals surface area contributed by atoms with Gasteiger partial charge in [-0.2, -0.15) is 0 Å². The van der Waals surface area contributed by atoms with Gasteiger partial charge in [0, 0.05) is 12.2 Å². The maximum atomic E-state index is 3.81. The topological polar surface area (TPSA) is 12.0 Å². The summed E-state index contributed by atoms with van der Waals surface area (Å²) in [4.78, 5) is 0. The summed E-state index contributed by atoms with van der Waals surface area (Å²) in [6, 6.07) is 0. The van der Waals surface area contributed by atoms with Crippen molar-refractivity contribution in [3.05, 3.63) is 12.3 Å². The van der Waals surface area contributed by atoms with Crippen LogP contribution in [0.4, 0.5) is 0 Å². The SMILES string of the molecule is C=C(C)NCC(CC)CCC. The summed E-state index contributed by atoms with van der Waals surface area (Å²) in [5.74, 6) is 0.830. The molecule has 0 aliphatic heterocycles. The molecule has 0 aromatic carbocycles. The first-order valence-corrected chi connectivity index (χ1v) is 4.60. The number of nitrogens with one attached hydrogen (secondary N) is 1. The average Bonchev–Trinajstić information content (AvgIpc) is 1.97. The molecule has 0 aliphatic rings. The fourth-order valence-electron chi connectivity index (χ4n) is 1.18. The molecule has 11 heavy (non-hydrogen) atoms. The standard InChI is InChI=1S/C10H21N/c1-5-7-10(6-2)8-11-9(3)4/h10-11H,3,5-8H2,1-2,4H3. The van der Waals surface area contributed by atoms with Crippen molar-refractivity contribution >= 4 is 0 Å². The van der Waals surface area contributed by atoms with Crippen LogP contribution in [-0.4, -0.2) is 6.54 Å². The van der Waals surface area contributed by atoms with E-state index in [1.165, 1.54) is 19.3 Å². The van der Waals surface area contributed by atoms with Crippen molar-refractivity contribution in [2.75, 3.05) is 6.54 Å². The second-order valence-corrected chi connectivity index (χ2v) is 3.22. The van der Waals surface area contributed by atoms with Gasteiger partial charge in [-0.3, -0.25) is 0 Å². The van der Waals surface area contributed by atoms with Crippen LogP contribution >= 0.6 is 0 Å². The number of allylic oxidation sites excluding steroid dienone is 1. The Morgan fingerprint density at radius 2 is 2.09 bits per heavy atom. The summed E-state index contributed by atoms with van der Waals surface area (Å²) >= 11 is 0. The Kier molecular flexibility index (Phi) is 6.00. The van der Waals surface area contributed by atoms with Crippen molar-refractivity contribution in [2.24, 2.45) is 5.92 Å². The lowest BCUT2D eigenvalue weighted by atomic mass is 10.0. The summed E-state index contributed by atoms with van der Waals surface area (Å²) in [7, 11) is 0. The van der Waals surface area contributed by atoms with Crippen LogP contribution in [0.15, 0.2) is 12.3 Å². The maximum Gasteiger partial charge on any atom is 0.0171 e. The monoisotopic (exact) mass is 155 g/mol. The van der Waals surface area contributed by atoms with Crippen molar-refractivity contribution in [1.82, 2.24) is 5.32 Å². The zero-order valence-electron chi connectivity index (χ0n) is 8.11. The predicted molar refractivity (Wildman–Crippen MR) is 51.5 cm³/mol. The van der Waals surface area contributed by atoms with Gasteiger partial charge in [0.25, 0.3) is 0 Å². The lowest BCUT2D eigenvalue weighted by Gasteiger charge is -2.14. The highest BCUT2D eigenvalue weighted by molar-refractivity contribution is 4.84. The normalized spacial score (nSPS) is 12.6. The van der Waals surface area contributed by atoms with Crippen LogP contribution in [0.2, 0.25) is 0 Å². The van der Waals surface area contributed by atoms with Crippen LogP contribution in [0.5, 0.6) is 0 Å². The fourth-order valence-corrected chi connectivity index (χ4v) is 1.18. The van der Waals surface area contributed by atoms with Gasteiger partial charge in [-0.15, -0.1) is 0 Å². The molecule has 0 amide bonds. The third-order valence-corrected chi connectivity index (χ3v) is 1.97. The molecule has 66 valence electrons. The van der Waals surface area contributed by atoms with E-state index in [-0.39, 0.29) is 0 Å². The third-order valence-electron chi connectivity index (χ3n) is 1.97. The molecule has 0 bridgehead atoms. The van der Waals surface area contributed by atoms with Crippen LogP contribution in [0.3, 0.4) is 0 Å². The summed E-state index contributed by atoms with van der Waals surface area (Å²) in [6.07, 6.45) is 3.89. The molecule has 0 saturated carbocycles. The molecule has 0 rings (SSSR count). The highest BCUT2D eigenvalue weighted by atomic mass is 14.9. The first kappa shape index (κ1) is 10.5. The smallest absolute Gasteiger partial charge is 0.0171 e. The molecule has 1 atom stereocenters. The summed E-state index contributed by atoms with van der Waals surface area (Å²) in [5, 5.41) is 3.29. The van der Waals surface area contributed by atoms with Gasteiger partial charge in [-0.1, -0.05) is 33.3 Å². The molecule has 1 N–H and O–H groups in total. The van der Waals surface area contributed by atoms with Crippen molar-refractivity contribution in [3.63, 3.8) is 0 Å². The summed E-state index contributed by atoms with van der Waals surface area (Å²) in [5.41, 5.74) is 1.08. The molecule has 1 unspecified atom stereocenters. The van der Waals surface area contributed by atoms with Crippen molar-refractivity contribution in [2.45, 2.75) is 40.0 Å². The van der Waals surface area contributed by atoms with Crippen LogP contribution < -0.4 is 5.32 Å². The molecule has 0 aromatic heterocycles. The Morgan fingerprint density at radius 1 is 1.45 bits per heavy atom. The highest BCUT2D eigenvalue weighted by Gasteiger charge is 2.02. The molecular formula is C10H21N. The molecule has 0 radical (unpaired) electrons. The van der Waals surface area contributed by atoms with E-state index in [2.05, 4.69) is 25.7 Å². The second-order valence-electron chi connectivity index (χ2n) is 3.22. The maximum absolute atomic E-state index is 3.81. The van der Waals surface area contributed by atoms with Gasteiger partial charge in [-0.25, -0.2) is 0 Å². The molecular weight excluding hydrogens is 134 g/mol. The zero-order chi connectivity index (χ0) is 8.69. The van der Waals surface area contributed by atoms with Gasteiger partial charge in [0.2, 0.25) is 0 Å². The Bertz CT molecular complexity index is 107. The van der Waals surface area contributed by atoms with Gasteiger partial charge in [0.1, 0.15) is 0 Å². The molecule has 0 aliphatic carbocycles. The van der Waals surface area contributed by atoms with Crippen molar-refractivity contribution in [3.8, 4) is 0 Å². The van der Waals surface area contributed by atoms with Gasteiger partial charge in [0.15, 0.2) is 0 Å². The molecule has 0 saturated heterocycles. The molecule has 0 heterocycles. The summed E-state index contributed by atoms with van der Waals surface area (Å²) in [6.45, 7) is 11.4. The van der Waals surface area contributed by atoms with E-state index in [1.807, 2.05) is 6.92 Å². The number of hydrogen-bond donors (Lipinski definition) is 1. The predicted octanol–water partition coefficient (Wildman–Crippen LogP) is 2.94. The van der Waals surface area contributed by atoms with Crippen molar-refractivity contribution < 1.29 is 0 Å². The Labute approximate surface area is 70.9 Å². The number of hydrogen-bond acceptors (Lipinski definition) is 1. The van der Waals surface area contributed by atoms with E-state index in [4.69, 9.17) is 0 Å². The molecule has 0 aromatic rings. The van der Waals surface area contributed by atoms with Gasteiger partial charge in [-0.05, 0) is 19.3 Å². The first-order valence-electron chi connectivity index (χ1n) is 4.60. The fraction of sp³-hybridized carbons (Fsp3) is 0.800. The molecule has 1 heteroatoms. The quantitative estimate of drug-likeness (QED) is 0.622. The highest BCUT2D eigenvalue weighted by Crippen LogP contribution is 2.09. The lowest BCUT2D eigenvalue weighted by molar-refractivity contribution is 0.447. The van der Waals surface area contributed by atoms with Crippen LogP contribution in [-0.2, 0) is 0 Å². The Hall–Kier alpha value is -0.460. The molecule has 0 spiro atoms. The van der Waals surface area contributed by atoms with Crippen LogP contribution in [0.25, 0.3) is 0 Å². The Balaban J connectivity index is 3.43. The second kappa shape index (κ2) is 6.26. The average molecular weight is 155 g/mol. The number of rotatable bonds is 6. The molecule has 0 fully saturated rings. The van der Waals surface area contributed by atoms with Gasteiger partial charge < -0.3 is 5.32 Å². The van der Waals surface area contributed by atoms with Gasteiger partial charge in [0.05, 0.1) is 0 Å². The van der Waals surface area contributed by atoms with E-state index >= 15 is 0 Å². The van der Waals surface area contributed by atoms with E-state index in [9.17, 15) is 0 Å². The van der Waals surface area contributed by atoms with E-state index in [1.54, 1.807) is 0 Å². The summed E-state index contributed by atoms with van der Waals surface area (Å²) < 4.78 is 0. The first-order chi connectivity index (χ1) is 5.20. The van der Waals surface area contributed by atoms with Crippen LogP contribution in [0, 0.1) is 5.92 Å². The minimum Gasteiger partial charge on any atom is -0.389 e. The third kappa shape index (κ3) is 5.96. The largest absolute Gasteiger partial charge is 0.389 e. The zero-order valence-corrected chi connectivity index (χ0v) is 8.11. The Morgan fingerprint density at radius 3 is 2.45 bits per heavy atom. The lowest BCUT2D eigenvalue weighted by Crippen LogP contribution is -2.20. The van der Waals surface area contributed by atoms with Gasteiger partial charge >= 0.3 is 0 Å². The minimum absolute atomic E-state index is 0.830. The van der Waals surface area contributed by atoms with E-state index in [0.29, 0.717) is 0 Å². The van der Waals surface area contributed by atoms with Crippen LogP contribution in [0.1, 0.15) is 40.0 Å². The molecule has 1 nitrogen and oxygen atoms in total. The van der Waals surface area contributed by atoms with E-state index in [0.717, 1.165) is 18.2 Å².